The van der Waals surface area contributed by atoms with Gasteiger partial charge in [-0.15, -0.1) is 0 Å². The number of aryl methyl sites for hydroxylation is 1. The molecule has 0 radical (unpaired) electrons. The van der Waals surface area contributed by atoms with Crippen LogP contribution in [0.2, 0.25) is 0 Å². The van der Waals surface area contributed by atoms with Crippen molar-refractivity contribution in [1.82, 2.24) is 10.2 Å². The Labute approximate surface area is 94.2 Å². The number of hydrogen-bond acceptors (Lipinski definition) is 2. The van der Waals surface area contributed by atoms with Crippen LogP contribution in [0.3, 0.4) is 0 Å². The second-order valence-corrected chi connectivity index (χ2v) is 3.94. The third-order valence-corrected chi connectivity index (χ3v) is 2.62. The molecule has 16 heavy (non-hydrogen) atoms. The molecule has 4 heteroatoms. The van der Waals surface area contributed by atoms with E-state index < -0.39 is 0 Å². The zero-order valence-corrected chi connectivity index (χ0v) is 9.19. The van der Waals surface area contributed by atoms with Gasteiger partial charge in [-0.1, -0.05) is 17.7 Å². The van der Waals surface area contributed by atoms with Crippen molar-refractivity contribution < 1.29 is 9.59 Å². The SMILES string of the molecule is Cc1ccc(C(=O)N2CCNC(=O)C2)cc1. The number of rotatable bonds is 1. The highest BCUT2D eigenvalue weighted by atomic mass is 16.2. The van der Waals surface area contributed by atoms with E-state index in [2.05, 4.69) is 5.32 Å². The Hall–Kier alpha value is -1.84. The van der Waals surface area contributed by atoms with Gasteiger partial charge in [0.2, 0.25) is 5.91 Å². The molecule has 0 aromatic heterocycles. The Balaban J connectivity index is 2.12. The lowest BCUT2D eigenvalue weighted by atomic mass is 10.1. The molecule has 1 heterocycles. The third kappa shape index (κ3) is 2.21. The van der Waals surface area contributed by atoms with Gasteiger partial charge in [0, 0.05) is 18.7 Å². The lowest BCUT2D eigenvalue weighted by molar-refractivity contribution is -0.123. The Kier molecular flexibility index (Phi) is 2.90. The molecule has 0 spiro atoms. The molecule has 1 fully saturated rings. The van der Waals surface area contributed by atoms with Crippen LogP contribution in [0.4, 0.5) is 0 Å². The molecule has 2 amide bonds. The van der Waals surface area contributed by atoms with E-state index in [4.69, 9.17) is 0 Å². The van der Waals surface area contributed by atoms with Gasteiger partial charge >= 0.3 is 0 Å². The van der Waals surface area contributed by atoms with Crippen molar-refractivity contribution in [2.24, 2.45) is 0 Å². The summed E-state index contributed by atoms with van der Waals surface area (Å²) in [6.07, 6.45) is 0. The van der Waals surface area contributed by atoms with Gasteiger partial charge in [0.1, 0.15) is 0 Å². The topological polar surface area (TPSA) is 49.4 Å². The van der Waals surface area contributed by atoms with Crippen LogP contribution in [0.5, 0.6) is 0 Å². The van der Waals surface area contributed by atoms with Crippen LogP contribution in [-0.4, -0.2) is 36.3 Å². The molecule has 1 aromatic carbocycles. The maximum Gasteiger partial charge on any atom is 0.254 e. The first-order chi connectivity index (χ1) is 7.66. The fourth-order valence-electron chi connectivity index (χ4n) is 1.69. The molecule has 84 valence electrons. The molecule has 1 aliphatic heterocycles. The molecule has 0 aliphatic carbocycles. The number of piperazine rings is 1. The highest BCUT2D eigenvalue weighted by molar-refractivity contribution is 5.97. The zero-order chi connectivity index (χ0) is 11.5. The summed E-state index contributed by atoms with van der Waals surface area (Å²) in [5.41, 5.74) is 1.76. The molecular formula is C12H14N2O2. The number of carbonyl (C=O) groups is 2. The number of carbonyl (C=O) groups excluding carboxylic acids is 2. The molecule has 1 aliphatic rings. The zero-order valence-electron chi connectivity index (χ0n) is 9.19. The normalized spacial score (nSPS) is 15.8. The van der Waals surface area contributed by atoms with Crippen LogP contribution < -0.4 is 5.32 Å². The third-order valence-electron chi connectivity index (χ3n) is 2.62. The van der Waals surface area contributed by atoms with Gasteiger partial charge in [0.05, 0.1) is 6.54 Å². The van der Waals surface area contributed by atoms with Gasteiger partial charge in [-0.2, -0.15) is 0 Å². The standard InChI is InChI=1S/C12H14N2O2/c1-9-2-4-10(5-3-9)12(16)14-7-6-13-11(15)8-14/h2-5H,6-8H2,1H3,(H,13,15). The highest BCUT2D eigenvalue weighted by Crippen LogP contribution is 2.07. The molecule has 1 aromatic rings. The molecule has 0 saturated carbocycles. The summed E-state index contributed by atoms with van der Waals surface area (Å²) < 4.78 is 0. The molecule has 2 rings (SSSR count). The first kappa shape index (κ1) is 10.7. The first-order valence-electron chi connectivity index (χ1n) is 5.29. The van der Waals surface area contributed by atoms with Crippen LogP contribution in [-0.2, 0) is 4.79 Å². The maximum absolute atomic E-state index is 12.0. The summed E-state index contributed by atoms with van der Waals surface area (Å²) in [5, 5.41) is 2.69. The predicted molar refractivity (Wildman–Crippen MR) is 60.1 cm³/mol. The number of benzene rings is 1. The van der Waals surface area contributed by atoms with E-state index in [0.717, 1.165) is 5.56 Å². The fourth-order valence-corrected chi connectivity index (χ4v) is 1.69. The van der Waals surface area contributed by atoms with Crippen molar-refractivity contribution in [1.29, 1.82) is 0 Å². The maximum atomic E-state index is 12.0. The van der Waals surface area contributed by atoms with Crippen molar-refractivity contribution in [3.8, 4) is 0 Å². The second-order valence-electron chi connectivity index (χ2n) is 3.94. The molecule has 0 bridgehead atoms. The van der Waals surface area contributed by atoms with E-state index in [1.54, 1.807) is 17.0 Å². The summed E-state index contributed by atoms with van der Waals surface area (Å²) in [7, 11) is 0. The molecule has 1 N–H and O–H groups in total. The summed E-state index contributed by atoms with van der Waals surface area (Å²) in [4.78, 5) is 24.7. The summed E-state index contributed by atoms with van der Waals surface area (Å²) >= 11 is 0. The Morgan fingerprint density at radius 2 is 2.00 bits per heavy atom. The predicted octanol–water partition coefficient (Wildman–Crippen LogP) is 0.567. The van der Waals surface area contributed by atoms with Gasteiger partial charge < -0.3 is 10.2 Å². The summed E-state index contributed by atoms with van der Waals surface area (Å²) in [5.74, 6) is -0.165. The Morgan fingerprint density at radius 1 is 1.31 bits per heavy atom. The fraction of sp³-hybridized carbons (Fsp3) is 0.333. The summed E-state index contributed by atoms with van der Waals surface area (Å²) in [6, 6.07) is 7.39. The van der Waals surface area contributed by atoms with Crippen LogP contribution >= 0.6 is 0 Å². The van der Waals surface area contributed by atoms with Crippen LogP contribution in [0.1, 0.15) is 15.9 Å². The Morgan fingerprint density at radius 3 is 2.62 bits per heavy atom. The van der Waals surface area contributed by atoms with Gasteiger partial charge in [-0.3, -0.25) is 9.59 Å². The number of hydrogen-bond donors (Lipinski definition) is 1. The molecule has 0 unspecified atom stereocenters. The minimum Gasteiger partial charge on any atom is -0.353 e. The lowest BCUT2D eigenvalue weighted by Gasteiger charge is -2.26. The monoisotopic (exact) mass is 218 g/mol. The first-order valence-corrected chi connectivity index (χ1v) is 5.29. The van der Waals surface area contributed by atoms with Gasteiger partial charge in [-0.25, -0.2) is 0 Å². The number of nitrogens with zero attached hydrogens (tertiary/aromatic N) is 1. The molecule has 0 atom stereocenters. The minimum absolute atomic E-state index is 0.0742. The van der Waals surface area contributed by atoms with Crippen molar-refractivity contribution in [2.75, 3.05) is 19.6 Å². The van der Waals surface area contributed by atoms with E-state index in [9.17, 15) is 9.59 Å². The average molecular weight is 218 g/mol. The van der Waals surface area contributed by atoms with Crippen molar-refractivity contribution in [3.63, 3.8) is 0 Å². The minimum atomic E-state index is -0.0910. The van der Waals surface area contributed by atoms with Crippen molar-refractivity contribution >= 4 is 11.8 Å². The second kappa shape index (κ2) is 4.35. The molecule has 4 nitrogen and oxygen atoms in total. The van der Waals surface area contributed by atoms with Crippen LogP contribution in [0.15, 0.2) is 24.3 Å². The van der Waals surface area contributed by atoms with Gasteiger partial charge in [0.15, 0.2) is 0 Å². The van der Waals surface area contributed by atoms with E-state index in [0.29, 0.717) is 18.7 Å². The van der Waals surface area contributed by atoms with Crippen LogP contribution in [0.25, 0.3) is 0 Å². The summed E-state index contributed by atoms with van der Waals surface area (Å²) in [6.45, 7) is 3.25. The molecule has 1 saturated heterocycles. The van der Waals surface area contributed by atoms with E-state index in [1.807, 2.05) is 19.1 Å². The van der Waals surface area contributed by atoms with Gasteiger partial charge in [0.25, 0.3) is 5.91 Å². The van der Waals surface area contributed by atoms with Crippen LogP contribution in [0, 0.1) is 6.92 Å². The smallest absolute Gasteiger partial charge is 0.254 e. The van der Waals surface area contributed by atoms with Crippen molar-refractivity contribution in [3.05, 3.63) is 35.4 Å². The van der Waals surface area contributed by atoms with E-state index in [1.165, 1.54) is 0 Å². The van der Waals surface area contributed by atoms with E-state index >= 15 is 0 Å². The molecular weight excluding hydrogens is 204 g/mol. The van der Waals surface area contributed by atoms with Crippen molar-refractivity contribution in [2.45, 2.75) is 6.92 Å². The van der Waals surface area contributed by atoms with Gasteiger partial charge in [-0.05, 0) is 19.1 Å². The number of nitrogens with one attached hydrogen (secondary N) is 1. The van der Waals surface area contributed by atoms with E-state index in [-0.39, 0.29) is 18.4 Å². The average Bonchev–Trinajstić information content (AvgIpc) is 2.29. The highest BCUT2D eigenvalue weighted by Gasteiger charge is 2.21. The lowest BCUT2D eigenvalue weighted by Crippen LogP contribution is -2.49. The largest absolute Gasteiger partial charge is 0.353 e. The Bertz CT molecular complexity index is 412. The quantitative estimate of drug-likeness (QED) is 0.749. The number of amides is 2.